The van der Waals surface area contributed by atoms with Gasteiger partial charge in [0.15, 0.2) is 0 Å². The van der Waals surface area contributed by atoms with Crippen LogP contribution in [0.5, 0.6) is 0 Å². The minimum absolute atomic E-state index is 0.0217. The van der Waals surface area contributed by atoms with Gasteiger partial charge in [-0.2, -0.15) is 0 Å². The molecule has 1 aromatic rings. The first kappa shape index (κ1) is 12.2. The van der Waals surface area contributed by atoms with E-state index in [0.717, 1.165) is 32.2 Å². The summed E-state index contributed by atoms with van der Waals surface area (Å²) in [7, 11) is 0. The van der Waals surface area contributed by atoms with Crippen LogP contribution in [0.15, 0.2) is 24.5 Å². The van der Waals surface area contributed by atoms with Crippen LogP contribution in [0, 0.1) is 5.92 Å². The lowest BCUT2D eigenvalue weighted by Gasteiger charge is -2.27. The van der Waals surface area contributed by atoms with Gasteiger partial charge in [-0.05, 0) is 25.0 Å². The number of rotatable bonds is 4. The number of nitrogens with zero attached hydrogens (tertiary/aromatic N) is 1. The number of aromatic nitrogens is 1. The van der Waals surface area contributed by atoms with Gasteiger partial charge in [-0.15, -0.1) is 0 Å². The molecule has 3 N–H and O–H groups in total. The zero-order valence-corrected chi connectivity index (χ0v) is 10.1. The third-order valence-corrected chi connectivity index (χ3v) is 3.49. The molecule has 1 aliphatic carbocycles. The highest BCUT2D eigenvalue weighted by molar-refractivity contribution is 5.79. The third-order valence-electron chi connectivity index (χ3n) is 3.49. The predicted molar refractivity (Wildman–Crippen MR) is 67.4 cm³/mol. The molecule has 4 heteroatoms. The lowest BCUT2D eigenvalue weighted by atomic mass is 9.84. The van der Waals surface area contributed by atoms with Gasteiger partial charge < -0.3 is 15.6 Å². The van der Waals surface area contributed by atoms with Gasteiger partial charge in [0.1, 0.15) is 0 Å². The fourth-order valence-electron chi connectivity index (χ4n) is 2.44. The van der Waals surface area contributed by atoms with Gasteiger partial charge in [0.25, 0.3) is 0 Å². The summed E-state index contributed by atoms with van der Waals surface area (Å²) in [4.78, 5) is 11.9. The molecule has 0 aromatic carbocycles. The number of nitrogens with one attached hydrogen (secondary N) is 1. The SMILES string of the molecule is N[C@@H]1CCCC[C@@H]1C(=O)NCCn1cccc1. The number of amides is 1. The van der Waals surface area contributed by atoms with E-state index in [1.807, 2.05) is 24.5 Å². The Bertz CT molecular complexity index is 348. The van der Waals surface area contributed by atoms with Crippen molar-refractivity contribution in [1.82, 2.24) is 9.88 Å². The highest BCUT2D eigenvalue weighted by Gasteiger charge is 2.27. The zero-order valence-electron chi connectivity index (χ0n) is 10.1. The second-order valence-electron chi connectivity index (χ2n) is 4.77. The summed E-state index contributed by atoms with van der Waals surface area (Å²) in [6.07, 6.45) is 8.21. The normalized spacial score (nSPS) is 24.5. The van der Waals surface area contributed by atoms with Crippen molar-refractivity contribution in [3.8, 4) is 0 Å². The molecular formula is C13H21N3O. The molecule has 1 amide bonds. The smallest absolute Gasteiger partial charge is 0.224 e. The van der Waals surface area contributed by atoms with Gasteiger partial charge >= 0.3 is 0 Å². The van der Waals surface area contributed by atoms with Crippen molar-refractivity contribution in [2.75, 3.05) is 6.54 Å². The molecular weight excluding hydrogens is 214 g/mol. The molecule has 0 radical (unpaired) electrons. The Morgan fingerprint density at radius 2 is 2.00 bits per heavy atom. The number of carbonyl (C=O) groups is 1. The van der Waals surface area contributed by atoms with Gasteiger partial charge in [-0.3, -0.25) is 4.79 Å². The Labute approximate surface area is 102 Å². The van der Waals surface area contributed by atoms with E-state index >= 15 is 0 Å². The Morgan fingerprint density at radius 3 is 2.71 bits per heavy atom. The van der Waals surface area contributed by atoms with Crippen LogP contribution >= 0.6 is 0 Å². The highest BCUT2D eigenvalue weighted by atomic mass is 16.1. The fourth-order valence-corrected chi connectivity index (χ4v) is 2.44. The molecule has 0 saturated heterocycles. The molecule has 0 unspecified atom stereocenters. The van der Waals surface area contributed by atoms with Gasteiger partial charge in [0.2, 0.25) is 5.91 Å². The van der Waals surface area contributed by atoms with Crippen molar-refractivity contribution in [2.45, 2.75) is 38.3 Å². The van der Waals surface area contributed by atoms with Crippen molar-refractivity contribution in [1.29, 1.82) is 0 Å². The average Bonchev–Trinajstić information content (AvgIpc) is 2.82. The Hall–Kier alpha value is -1.29. The van der Waals surface area contributed by atoms with Gasteiger partial charge in [-0.1, -0.05) is 12.8 Å². The van der Waals surface area contributed by atoms with E-state index in [2.05, 4.69) is 9.88 Å². The number of hydrogen-bond acceptors (Lipinski definition) is 2. The van der Waals surface area contributed by atoms with Gasteiger partial charge in [0.05, 0.1) is 5.92 Å². The predicted octanol–water partition coefficient (Wildman–Crippen LogP) is 1.12. The van der Waals surface area contributed by atoms with Crippen molar-refractivity contribution < 1.29 is 4.79 Å². The highest BCUT2D eigenvalue weighted by Crippen LogP contribution is 2.22. The first-order valence-electron chi connectivity index (χ1n) is 6.41. The molecule has 4 nitrogen and oxygen atoms in total. The molecule has 17 heavy (non-hydrogen) atoms. The molecule has 0 aliphatic heterocycles. The van der Waals surface area contributed by atoms with Crippen LogP contribution < -0.4 is 11.1 Å². The standard InChI is InChI=1S/C13H21N3O/c14-12-6-2-1-5-11(12)13(17)15-7-10-16-8-3-4-9-16/h3-4,8-9,11-12H,1-2,5-7,10,14H2,(H,15,17)/t11-,12+/m0/s1. The molecule has 1 aromatic heterocycles. The first-order valence-corrected chi connectivity index (χ1v) is 6.41. The molecule has 1 heterocycles. The van der Waals surface area contributed by atoms with Crippen LogP contribution in [0.3, 0.4) is 0 Å². The number of carbonyl (C=O) groups excluding carboxylic acids is 1. The van der Waals surface area contributed by atoms with Crippen molar-refractivity contribution in [3.63, 3.8) is 0 Å². The maximum absolute atomic E-state index is 11.9. The maximum Gasteiger partial charge on any atom is 0.224 e. The van der Waals surface area contributed by atoms with Crippen molar-refractivity contribution in [3.05, 3.63) is 24.5 Å². The summed E-state index contributed by atoms with van der Waals surface area (Å²) in [5.74, 6) is 0.151. The summed E-state index contributed by atoms with van der Waals surface area (Å²) < 4.78 is 2.06. The molecule has 94 valence electrons. The fraction of sp³-hybridized carbons (Fsp3) is 0.615. The second kappa shape index (κ2) is 5.87. The van der Waals surface area contributed by atoms with Crippen molar-refractivity contribution in [2.24, 2.45) is 11.7 Å². The lowest BCUT2D eigenvalue weighted by molar-refractivity contribution is -0.126. The first-order chi connectivity index (χ1) is 8.27. The topological polar surface area (TPSA) is 60.1 Å². The summed E-state index contributed by atoms with van der Waals surface area (Å²) >= 11 is 0. The molecule has 2 rings (SSSR count). The molecule has 0 spiro atoms. The van der Waals surface area contributed by atoms with E-state index in [1.165, 1.54) is 0 Å². The monoisotopic (exact) mass is 235 g/mol. The third kappa shape index (κ3) is 3.33. The number of hydrogen-bond donors (Lipinski definition) is 2. The zero-order chi connectivity index (χ0) is 12.1. The Kier molecular flexibility index (Phi) is 4.20. The Balaban J connectivity index is 1.73. The number of nitrogens with two attached hydrogens (primary N) is 1. The van der Waals surface area contributed by atoms with Crippen LogP contribution in [0.4, 0.5) is 0 Å². The van der Waals surface area contributed by atoms with Crippen LogP contribution in [0.25, 0.3) is 0 Å². The van der Waals surface area contributed by atoms with Crippen LogP contribution in [0.1, 0.15) is 25.7 Å². The maximum atomic E-state index is 11.9. The van der Waals surface area contributed by atoms with E-state index in [4.69, 9.17) is 5.73 Å². The van der Waals surface area contributed by atoms with Crippen LogP contribution in [0.2, 0.25) is 0 Å². The average molecular weight is 235 g/mol. The van der Waals surface area contributed by atoms with Crippen molar-refractivity contribution >= 4 is 5.91 Å². The summed E-state index contributed by atoms with van der Waals surface area (Å²) in [6.45, 7) is 1.50. The lowest BCUT2D eigenvalue weighted by Crippen LogP contribution is -2.44. The van der Waals surface area contributed by atoms with E-state index < -0.39 is 0 Å². The molecule has 1 fully saturated rings. The van der Waals surface area contributed by atoms with E-state index in [-0.39, 0.29) is 17.9 Å². The largest absolute Gasteiger partial charge is 0.354 e. The molecule has 2 atom stereocenters. The summed E-state index contributed by atoms with van der Waals surface area (Å²) in [5.41, 5.74) is 5.98. The molecule has 0 bridgehead atoms. The van der Waals surface area contributed by atoms with E-state index in [1.54, 1.807) is 0 Å². The minimum atomic E-state index is 0.0217. The molecule has 1 aliphatic rings. The minimum Gasteiger partial charge on any atom is -0.354 e. The van der Waals surface area contributed by atoms with E-state index in [0.29, 0.717) is 6.54 Å². The molecule has 1 saturated carbocycles. The van der Waals surface area contributed by atoms with E-state index in [9.17, 15) is 4.79 Å². The Morgan fingerprint density at radius 1 is 1.29 bits per heavy atom. The quantitative estimate of drug-likeness (QED) is 0.821. The van der Waals surface area contributed by atoms with Gasteiger partial charge in [-0.25, -0.2) is 0 Å². The summed E-state index contributed by atoms with van der Waals surface area (Å²) in [6, 6.07) is 4.02. The second-order valence-corrected chi connectivity index (χ2v) is 4.77. The van der Waals surface area contributed by atoms with Gasteiger partial charge in [0, 0.05) is 31.5 Å². The van der Waals surface area contributed by atoms with Crippen LogP contribution in [-0.4, -0.2) is 23.1 Å². The van der Waals surface area contributed by atoms with Crippen LogP contribution in [-0.2, 0) is 11.3 Å². The summed E-state index contributed by atoms with van der Waals surface area (Å²) in [5, 5.41) is 2.98.